The predicted molar refractivity (Wildman–Crippen MR) is 34.5 cm³/mol. The molecule has 2 heterocycles. The summed E-state index contributed by atoms with van der Waals surface area (Å²) in [5.74, 6) is 0. The van der Waals surface area contributed by atoms with Gasteiger partial charge in [0.25, 0.3) is 0 Å². The Hall–Kier alpha value is -1.12. The fourth-order valence-electron chi connectivity index (χ4n) is 1.01. The van der Waals surface area contributed by atoms with E-state index in [9.17, 15) is 0 Å². The highest BCUT2D eigenvalue weighted by Gasteiger charge is 2.08. The van der Waals surface area contributed by atoms with Gasteiger partial charge in [-0.2, -0.15) is 5.10 Å². The molecule has 0 fully saturated rings. The Bertz CT molecular complexity index is 259. The third kappa shape index (κ3) is 0.575. The number of aryl methyl sites for hydroxylation is 1. The quantitative estimate of drug-likeness (QED) is 0.487. The SMILES string of the molecule is Cn1cc2c(n1)CN=C2. The van der Waals surface area contributed by atoms with Crippen LogP contribution in [0.4, 0.5) is 0 Å². The van der Waals surface area contributed by atoms with Gasteiger partial charge in [0, 0.05) is 25.0 Å². The first-order valence-corrected chi connectivity index (χ1v) is 2.88. The molecule has 1 aromatic rings. The summed E-state index contributed by atoms with van der Waals surface area (Å²) in [6.45, 7) is 0.760. The van der Waals surface area contributed by atoms with Gasteiger partial charge in [-0.05, 0) is 0 Å². The van der Waals surface area contributed by atoms with Crippen LogP contribution in [0.25, 0.3) is 0 Å². The summed E-state index contributed by atoms with van der Waals surface area (Å²) in [6.07, 6.45) is 3.84. The lowest BCUT2D eigenvalue weighted by atomic mass is 10.3. The van der Waals surface area contributed by atoms with E-state index in [0.717, 1.165) is 17.8 Å². The third-order valence-corrected chi connectivity index (χ3v) is 1.41. The van der Waals surface area contributed by atoms with Gasteiger partial charge in [0.05, 0.1) is 12.2 Å². The lowest BCUT2D eigenvalue weighted by molar-refractivity contribution is 0.743. The molecule has 0 amide bonds. The topological polar surface area (TPSA) is 30.2 Å². The van der Waals surface area contributed by atoms with Crippen molar-refractivity contribution >= 4 is 6.21 Å². The molecule has 0 saturated carbocycles. The average molecular weight is 121 g/mol. The van der Waals surface area contributed by atoms with E-state index in [1.165, 1.54) is 0 Å². The molecule has 46 valence electrons. The maximum absolute atomic E-state index is 4.18. The largest absolute Gasteiger partial charge is 0.286 e. The van der Waals surface area contributed by atoms with Gasteiger partial charge in [0.15, 0.2) is 0 Å². The number of aromatic nitrogens is 2. The Morgan fingerprint density at radius 1 is 1.67 bits per heavy atom. The Morgan fingerprint density at radius 2 is 2.56 bits per heavy atom. The van der Waals surface area contributed by atoms with Crippen molar-refractivity contribution in [3.05, 3.63) is 17.5 Å². The lowest BCUT2D eigenvalue weighted by Gasteiger charge is -1.83. The standard InChI is InChI=1S/C6H7N3/c1-9-4-5-2-7-3-6(5)8-9/h2,4H,3H2,1H3. The molecule has 0 atom stereocenters. The van der Waals surface area contributed by atoms with E-state index in [2.05, 4.69) is 10.1 Å². The number of aliphatic imine (C=N–C) groups is 1. The molecule has 3 heteroatoms. The summed E-state index contributed by atoms with van der Waals surface area (Å²) in [5, 5.41) is 4.18. The van der Waals surface area contributed by atoms with Gasteiger partial charge in [0.1, 0.15) is 0 Å². The highest BCUT2D eigenvalue weighted by Crippen LogP contribution is 2.09. The Balaban J connectivity index is 2.61. The molecule has 0 aromatic carbocycles. The lowest BCUT2D eigenvalue weighted by Crippen LogP contribution is -1.88. The molecule has 0 aliphatic carbocycles. The normalized spacial score (nSPS) is 14.3. The molecule has 0 bridgehead atoms. The van der Waals surface area contributed by atoms with E-state index in [4.69, 9.17) is 0 Å². The van der Waals surface area contributed by atoms with Crippen molar-refractivity contribution in [2.24, 2.45) is 12.0 Å². The first kappa shape index (κ1) is 4.73. The van der Waals surface area contributed by atoms with Crippen molar-refractivity contribution in [2.45, 2.75) is 6.54 Å². The fraction of sp³-hybridized carbons (Fsp3) is 0.333. The van der Waals surface area contributed by atoms with Crippen LogP contribution in [0.3, 0.4) is 0 Å². The van der Waals surface area contributed by atoms with Gasteiger partial charge >= 0.3 is 0 Å². The van der Waals surface area contributed by atoms with Crippen LogP contribution >= 0.6 is 0 Å². The van der Waals surface area contributed by atoms with E-state index in [1.807, 2.05) is 24.1 Å². The van der Waals surface area contributed by atoms with E-state index in [0.29, 0.717) is 0 Å². The number of hydrogen-bond donors (Lipinski definition) is 0. The van der Waals surface area contributed by atoms with Crippen LogP contribution in [-0.2, 0) is 13.6 Å². The van der Waals surface area contributed by atoms with Gasteiger partial charge in [-0.25, -0.2) is 0 Å². The molecule has 1 aliphatic heterocycles. The molecule has 1 aromatic heterocycles. The highest BCUT2D eigenvalue weighted by molar-refractivity contribution is 5.83. The number of fused-ring (bicyclic) bond motifs is 1. The van der Waals surface area contributed by atoms with Crippen LogP contribution in [0, 0.1) is 0 Å². The summed E-state index contributed by atoms with van der Waals surface area (Å²) < 4.78 is 1.82. The monoisotopic (exact) mass is 121 g/mol. The molecular formula is C6H7N3. The van der Waals surface area contributed by atoms with Crippen molar-refractivity contribution in [3.8, 4) is 0 Å². The number of hydrogen-bond acceptors (Lipinski definition) is 2. The zero-order chi connectivity index (χ0) is 6.27. The van der Waals surface area contributed by atoms with Crippen molar-refractivity contribution in [3.63, 3.8) is 0 Å². The molecule has 0 N–H and O–H groups in total. The molecule has 0 saturated heterocycles. The van der Waals surface area contributed by atoms with Crippen LogP contribution in [0.5, 0.6) is 0 Å². The van der Waals surface area contributed by atoms with Gasteiger partial charge in [-0.1, -0.05) is 0 Å². The van der Waals surface area contributed by atoms with E-state index < -0.39 is 0 Å². The van der Waals surface area contributed by atoms with Crippen molar-refractivity contribution < 1.29 is 0 Å². The van der Waals surface area contributed by atoms with Gasteiger partial charge in [0.2, 0.25) is 0 Å². The van der Waals surface area contributed by atoms with Gasteiger partial charge < -0.3 is 0 Å². The zero-order valence-corrected chi connectivity index (χ0v) is 5.20. The maximum atomic E-state index is 4.18. The Labute approximate surface area is 53.0 Å². The number of nitrogens with zero attached hydrogens (tertiary/aromatic N) is 3. The molecule has 0 spiro atoms. The molecule has 0 unspecified atom stereocenters. The van der Waals surface area contributed by atoms with E-state index in [1.54, 1.807) is 0 Å². The minimum Gasteiger partial charge on any atom is -0.286 e. The zero-order valence-electron chi connectivity index (χ0n) is 5.20. The fourth-order valence-corrected chi connectivity index (χ4v) is 1.01. The molecule has 2 rings (SSSR count). The second kappa shape index (κ2) is 1.43. The summed E-state index contributed by atoms with van der Waals surface area (Å²) in [6, 6.07) is 0. The average Bonchev–Trinajstić information content (AvgIpc) is 2.22. The third-order valence-electron chi connectivity index (χ3n) is 1.41. The number of rotatable bonds is 0. The molecule has 9 heavy (non-hydrogen) atoms. The second-order valence-corrected chi connectivity index (χ2v) is 2.17. The first-order valence-electron chi connectivity index (χ1n) is 2.88. The van der Waals surface area contributed by atoms with Crippen LogP contribution in [0.1, 0.15) is 11.3 Å². The van der Waals surface area contributed by atoms with Crippen LogP contribution in [0.15, 0.2) is 11.2 Å². The van der Waals surface area contributed by atoms with Crippen molar-refractivity contribution in [1.82, 2.24) is 9.78 Å². The van der Waals surface area contributed by atoms with E-state index in [-0.39, 0.29) is 0 Å². The summed E-state index contributed by atoms with van der Waals surface area (Å²) in [4.78, 5) is 4.05. The van der Waals surface area contributed by atoms with Gasteiger partial charge in [-0.15, -0.1) is 0 Å². The van der Waals surface area contributed by atoms with Crippen LogP contribution in [-0.4, -0.2) is 16.0 Å². The Morgan fingerprint density at radius 3 is 3.33 bits per heavy atom. The second-order valence-electron chi connectivity index (χ2n) is 2.17. The van der Waals surface area contributed by atoms with E-state index >= 15 is 0 Å². The summed E-state index contributed by atoms with van der Waals surface area (Å²) in [7, 11) is 1.92. The highest BCUT2D eigenvalue weighted by atomic mass is 15.3. The summed E-state index contributed by atoms with van der Waals surface area (Å²) >= 11 is 0. The van der Waals surface area contributed by atoms with Crippen LogP contribution < -0.4 is 0 Å². The van der Waals surface area contributed by atoms with Crippen molar-refractivity contribution in [1.29, 1.82) is 0 Å². The smallest absolute Gasteiger partial charge is 0.0926 e. The molecule has 3 nitrogen and oxygen atoms in total. The minimum atomic E-state index is 0.760. The van der Waals surface area contributed by atoms with Crippen molar-refractivity contribution in [2.75, 3.05) is 0 Å². The minimum absolute atomic E-state index is 0.760. The summed E-state index contributed by atoms with van der Waals surface area (Å²) in [5.41, 5.74) is 2.26. The predicted octanol–water partition coefficient (Wildman–Crippen LogP) is 0.353. The molecule has 1 aliphatic rings. The Kier molecular flexibility index (Phi) is 0.754. The van der Waals surface area contributed by atoms with Crippen LogP contribution in [0.2, 0.25) is 0 Å². The molecular weight excluding hydrogens is 114 g/mol. The van der Waals surface area contributed by atoms with Gasteiger partial charge in [-0.3, -0.25) is 9.67 Å². The maximum Gasteiger partial charge on any atom is 0.0926 e. The first-order chi connectivity index (χ1) is 4.36. The molecule has 0 radical (unpaired) electrons.